The van der Waals surface area contributed by atoms with Gasteiger partial charge in [0.15, 0.2) is 11.6 Å². The molecule has 0 radical (unpaired) electrons. The predicted octanol–water partition coefficient (Wildman–Crippen LogP) is 15.0. The standard InChI is InChI=1S/C57H34N4O/c1-3-14-35(15-4-1)40-32-41(36-16-5-2-6-17-36)34-42(33-40)55-58-56(48-24-13-25-50-52(48)47-30-27-39-20-9-12-23-45(39)54(47)62-50)60-57(59-55)61-49-31-28-37-18-7-10-21-43(37)51(49)46-29-26-38-19-8-11-22-44(38)53(46)61/h1-34H. The fraction of sp³-hybridized carbons (Fsp3) is 0. The molecule has 0 aliphatic rings. The van der Waals surface area contributed by atoms with E-state index in [9.17, 15) is 0 Å². The Kier molecular flexibility index (Phi) is 7.54. The SMILES string of the molecule is c1ccc(-c2cc(-c3ccccc3)cc(-c3nc(-c4cccc5oc6c7ccccc7ccc6c45)nc(-n4c5ccc6ccccc6c5c5ccc6ccccc6c54)n3)c2)cc1. The van der Waals surface area contributed by atoms with Crippen molar-refractivity contribution in [3.63, 3.8) is 0 Å². The van der Waals surface area contributed by atoms with Crippen LogP contribution in [0.2, 0.25) is 0 Å². The first-order chi connectivity index (χ1) is 30.7. The lowest BCUT2D eigenvalue weighted by Crippen LogP contribution is -2.07. The van der Waals surface area contributed by atoms with Crippen molar-refractivity contribution < 1.29 is 4.42 Å². The minimum atomic E-state index is 0.540. The average Bonchev–Trinajstić information content (AvgIpc) is 3.91. The molecular weight excluding hydrogens is 757 g/mol. The van der Waals surface area contributed by atoms with Gasteiger partial charge in [-0.2, -0.15) is 9.97 Å². The summed E-state index contributed by atoms with van der Waals surface area (Å²) >= 11 is 0. The smallest absolute Gasteiger partial charge is 0.238 e. The number of rotatable bonds is 5. The zero-order valence-electron chi connectivity index (χ0n) is 33.3. The molecule has 0 atom stereocenters. The third-order valence-electron chi connectivity index (χ3n) is 12.4. The van der Waals surface area contributed by atoms with Crippen molar-refractivity contribution in [2.45, 2.75) is 0 Å². The predicted molar refractivity (Wildman–Crippen MR) is 256 cm³/mol. The zero-order valence-corrected chi connectivity index (χ0v) is 33.3. The highest BCUT2D eigenvalue weighted by Gasteiger charge is 2.23. The summed E-state index contributed by atoms with van der Waals surface area (Å²) in [6, 6.07) is 72.7. The highest BCUT2D eigenvalue weighted by molar-refractivity contribution is 6.26. The van der Waals surface area contributed by atoms with E-state index in [0.717, 1.165) is 93.3 Å². The minimum absolute atomic E-state index is 0.540. The molecule has 0 amide bonds. The van der Waals surface area contributed by atoms with Crippen molar-refractivity contribution in [2.24, 2.45) is 0 Å². The summed E-state index contributed by atoms with van der Waals surface area (Å²) in [4.78, 5) is 16.5. The highest BCUT2D eigenvalue weighted by atomic mass is 16.3. The normalized spacial score (nSPS) is 11.9. The molecule has 0 aliphatic carbocycles. The highest BCUT2D eigenvalue weighted by Crippen LogP contribution is 2.42. The number of hydrogen-bond donors (Lipinski definition) is 0. The number of aromatic nitrogens is 4. The van der Waals surface area contributed by atoms with Gasteiger partial charge in [-0.05, 0) is 80.2 Å². The maximum Gasteiger partial charge on any atom is 0.238 e. The Balaban J connectivity index is 1.16. The minimum Gasteiger partial charge on any atom is -0.455 e. The van der Waals surface area contributed by atoms with Gasteiger partial charge in [-0.1, -0.05) is 170 Å². The molecule has 13 aromatic rings. The summed E-state index contributed by atoms with van der Waals surface area (Å²) in [5.41, 5.74) is 9.87. The van der Waals surface area contributed by atoms with E-state index in [1.165, 1.54) is 16.2 Å². The fourth-order valence-electron chi connectivity index (χ4n) is 9.56. The molecule has 0 aliphatic heterocycles. The summed E-state index contributed by atoms with van der Waals surface area (Å²) in [6.07, 6.45) is 0. The van der Waals surface area contributed by atoms with Gasteiger partial charge in [-0.3, -0.25) is 4.57 Å². The second-order valence-electron chi connectivity index (χ2n) is 16.0. The molecule has 3 aromatic heterocycles. The topological polar surface area (TPSA) is 56.7 Å². The van der Waals surface area contributed by atoms with E-state index in [-0.39, 0.29) is 0 Å². The summed E-state index contributed by atoms with van der Waals surface area (Å²) in [5, 5.41) is 11.1. The average molecular weight is 791 g/mol. The fourth-order valence-corrected chi connectivity index (χ4v) is 9.56. The first-order valence-corrected chi connectivity index (χ1v) is 20.9. The number of furan rings is 1. The summed E-state index contributed by atoms with van der Waals surface area (Å²) in [6.45, 7) is 0. The van der Waals surface area contributed by atoms with Gasteiger partial charge < -0.3 is 4.42 Å². The van der Waals surface area contributed by atoms with Crippen LogP contribution in [0.25, 0.3) is 127 Å². The van der Waals surface area contributed by atoms with Gasteiger partial charge in [0.25, 0.3) is 0 Å². The van der Waals surface area contributed by atoms with Crippen LogP contribution in [0.3, 0.4) is 0 Å². The van der Waals surface area contributed by atoms with Crippen LogP contribution < -0.4 is 0 Å². The van der Waals surface area contributed by atoms with Crippen molar-refractivity contribution in [3.05, 3.63) is 206 Å². The van der Waals surface area contributed by atoms with E-state index in [1.807, 2.05) is 12.1 Å². The Morgan fingerprint density at radius 3 is 1.65 bits per heavy atom. The van der Waals surface area contributed by atoms with E-state index in [1.54, 1.807) is 0 Å². The molecule has 0 fully saturated rings. The molecule has 0 saturated carbocycles. The molecule has 0 N–H and O–H groups in total. The Labute approximate surface area is 355 Å². The Bertz CT molecular complexity index is 3870. The van der Waals surface area contributed by atoms with Gasteiger partial charge in [-0.15, -0.1) is 0 Å². The third kappa shape index (κ3) is 5.32. The van der Waals surface area contributed by atoms with Gasteiger partial charge in [0.05, 0.1) is 11.0 Å². The Hall–Kier alpha value is -8.41. The molecule has 0 spiro atoms. The van der Waals surface area contributed by atoms with Crippen molar-refractivity contribution in [1.29, 1.82) is 0 Å². The maximum absolute atomic E-state index is 6.70. The van der Waals surface area contributed by atoms with Crippen molar-refractivity contribution >= 4 is 76.1 Å². The second kappa shape index (κ2) is 13.6. The molecule has 3 heterocycles. The first-order valence-electron chi connectivity index (χ1n) is 20.9. The Morgan fingerprint density at radius 1 is 0.355 bits per heavy atom. The molecule has 62 heavy (non-hydrogen) atoms. The summed E-state index contributed by atoms with van der Waals surface area (Å²) in [5.74, 6) is 1.68. The van der Waals surface area contributed by atoms with E-state index in [4.69, 9.17) is 19.4 Å². The van der Waals surface area contributed by atoms with Crippen LogP contribution in [0.1, 0.15) is 0 Å². The van der Waals surface area contributed by atoms with Gasteiger partial charge >= 0.3 is 0 Å². The van der Waals surface area contributed by atoms with Crippen LogP contribution in [0, 0.1) is 0 Å². The Morgan fingerprint density at radius 2 is 0.919 bits per heavy atom. The van der Waals surface area contributed by atoms with Gasteiger partial charge in [0.1, 0.15) is 11.2 Å². The first kappa shape index (κ1) is 34.5. The van der Waals surface area contributed by atoms with Gasteiger partial charge in [0.2, 0.25) is 5.95 Å². The number of fused-ring (bicyclic) bond motifs is 12. The van der Waals surface area contributed by atoms with Crippen LogP contribution in [0.15, 0.2) is 211 Å². The van der Waals surface area contributed by atoms with Crippen molar-refractivity contribution in [2.75, 3.05) is 0 Å². The number of nitrogens with zero attached hydrogens (tertiary/aromatic N) is 4. The third-order valence-corrected chi connectivity index (χ3v) is 12.4. The largest absolute Gasteiger partial charge is 0.455 e. The quantitative estimate of drug-likeness (QED) is 0.174. The molecule has 5 nitrogen and oxygen atoms in total. The van der Waals surface area contributed by atoms with Crippen LogP contribution >= 0.6 is 0 Å². The van der Waals surface area contributed by atoms with Crippen molar-refractivity contribution in [3.8, 4) is 51.0 Å². The monoisotopic (exact) mass is 790 g/mol. The van der Waals surface area contributed by atoms with Crippen LogP contribution in [-0.2, 0) is 0 Å². The van der Waals surface area contributed by atoms with Gasteiger partial charge in [-0.25, -0.2) is 4.98 Å². The molecule has 0 saturated heterocycles. The lowest BCUT2D eigenvalue weighted by Gasteiger charge is -2.14. The maximum atomic E-state index is 6.70. The molecule has 0 unspecified atom stereocenters. The van der Waals surface area contributed by atoms with Crippen LogP contribution in [0.5, 0.6) is 0 Å². The number of benzene rings is 10. The summed E-state index contributed by atoms with van der Waals surface area (Å²) < 4.78 is 8.96. The summed E-state index contributed by atoms with van der Waals surface area (Å²) in [7, 11) is 0. The van der Waals surface area contributed by atoms with E-state index < -0.39 is 0 Å². The van der Waals surface area contributed by atoms with E-state index in [0.29, 0.717) is 17.6 Å². The zero-order chi connectivity index (χ0) is 40.7. The molecule has 0 bridgehead atoms. The number of hydrogen-bond acceptors (Lipinski definition) is 4. The molecule has 288 valence electrons. The molecular formula is C57H34N4O. The lowest BCUT2D eigenvalue weighted by molar-refractivity contribution is 0.672. The second-order valence-corrected chi connectivity index (χ2v) is 16.0. The van der Waals surface area contributed by atoms with Crippen LogP contribution in [0.4, 0.5) is 0 Å². The molecule has 10 aromatic carbocycles. The lowest BCUT2D eigenvalue weighted by atomic mass is 9.96. The van der Waals surface area contributed by atoms with Crippen LogP contribution in [-0.4, -0.2) is 19.5 Å². The van der Waals surface area contributed by atoms with Gasteiger partial charge in [0, 0.05) is 43.4 Å². The molecule has 5 heteroatoms. The molecule has 13 rings (SSSR count). The van der Waals surface area contributed by atoms with Crippen molar-refractivity contribution in [1.82, 2.24) is 19.5 Å². The van der Waals surface area contributed by atoms with E-state index >= 15 is 0 Å². The van der Waals surface area contributed by atoms with E-state index in [2.05, 4.69) is 199 Å².